The molecule has 0 aromatic heterocycles. The van der Waals surface area contributed by atoms with Crippen molar-refractivity contribution in [3.63, 3.8) is 0 Å². The SMILES string of the molecule is C/C=C(\CC)N=NC(CC)(CC)OC(C)=O. The van der Waals surface area contributed by atoms with Crippen molar-refractivity contribution in [3.05, 3.63) is 11.8 Å². The fourth-order valence-corrected chi connectivity index (χ4v) is 1.31. The number of ether oxygens (including phenoxy) is 1. The zero-order valence-electron chi connectivity index (χ0n) is 10.9. The predicted octanol–water partition coefficient (Wildman–Crippen LogP) is 3.83. The summed E-state index contributed by atoms with van der Waals surface area (Å²) in [6.45, 7) is 9.20. The molecule has 0 aromatic rings. The molecule has 0 spiro atoms. The lowest BCUT2D eigenvalue weighted by Crippen LogP contribution is -2.30. The Bertz CT molecular complexity index is 279. The lowest BCUT2D eigenvalue weighted by molar-refractivity contribution is -0.157. The molecular weight excluding hydrogens is 204 g/mol. The normalized spacial score (nSPS) is 13.2. The molecule has 16 heavy (non-hydrogen) atoms. The van der Waals surface area contributed by atoms with Gasteiger partial charge in [-0.1, -0.05) is 26.8 Å². The topological polar surface area (TPSA) is 51.0 Å². The van der Waals surface area contributed by atoms with E-state index in [9.17, 15) is 4.79 Å². The van der Waals surface area contributed by atoms with Crippen molar-refractivity contribution in [1.29, 1.82) is 0 Å². The minimum Gasteiger partial charge on any atom is -0.436 e. The van der Waals surface area contributed by atoms with Crippen molar-refractivity contribution in [2.75, 3.05) is 0 Å². The molecule has 0 saturated heterocycles. The maximum absolute atomic E-state index is 11.0. The van der Waals surface area contributed by atoms with Crippen LogP contribution in [0, 0.1) is 0 Å². The first-order valence-corrected chi connectivity index (χ1v) is 5.81. The van der Waals surface area contributed by atoms with Gasteiger partial charge in [0.25, 0.3) is 0 Å². The molecule has 4 heteroatoms. The molecule has 92 valence electrons. The van der Waals surface area contributed by atoms with Gasteiger partial charge < -0.3 is 4.74 Å². The van der Waals surface area contributed by atoms with Gasteiger partial charge in [0.15, 0.2) is 0 Å². The largest absolute Gasteiger partial charge is 0.436 e. The van der Waals surface area contributed by atoms with Gasteiger partial charge in [-0.05, 0) is 13.3 Å². The van der Waals surface area contributed by atoms with Crippen molar-refractivity contribution in [3.8, 4) is 0 Å². The number of hydrogen-bond acceptors (Lipinski definition) is 4. The summed E-state index contributed by atoms with van der Waals surface area (Å²) in [7, 11) is 0. The van der Waals surface area contributed by atoms with Gasteiger partial charge >= 0.3 is 5.97 Å². The van der Waals surface area contributed by atoms with Gasteiger partial charge in [-0.3, -0.25) is 4.79 Å². The molecular formula is C12H22N2O2. The fraction of sp³-hybridized carbons (Fsp3) is 0.750. The Morgan fingerprint density at radius 1 is 1.31 bits per heavy atom. The first-order chi connectivity index (χ1) is 7.53. The van der Waals surface area contributed by atoms with Gasteiger partial charge in [0.05, 0.1) is 5.70 Å². The second kappa shape index (κ2) is 7.14. The highest BCUT2D eigenvalue weighted by Gasteiger charge is 2.29. The molecule has 0 atom stereocenters. The molecule has 0 aliphatic heterocycles. The smallest absolute Gasteiger partial charge is 0.304 e. The van der Waals surface area contributed by atoms with Crippen LogP contribution in [0.3, 0.4) is 0 Å². The summed E-state index contributed by atoms with van der Waals surface area (Å²) in [4.78, 5) is 11.0. The molecule has 4 nitrogen and oxygen atoms in total. The zero-order valence-corrected chi connectivity index (χ0v) is 10.9. The van der Waals surface area contributed by atoms with E-state index in [1.807, 2.05) is 33.8 Å². The number of rotatable bonds is 6. The third kappa shape index (κ3) is 4.55. The molecule has 0 radical (unpaired) electrons. The van der Waals surface area contributed by atoms with Crippen LogP contribution >= 0.6 is 0 Å². The van der Waals surface area contributed by atoms with Crippen LogP contribution in [0.2, 0.25) is 0 Å². The minimum atomic E-state index is -0.796. The maximum Gasteiger partial charge on any atom is 0.304 e. The Hall–Kier alpha value is -1.19. The summed E-state index contributed by atoms with van der Waals surface area (Å²) in [6, 6.07) is 0. The number of esters is 1. The Kier molecular flexibility index (Phi) is 6.61. The second-order valence-electron chi connectivity index (χ2n) is 3.58. The van der Waals surface area contributed by atoms with Crippen LogP contribution in [0.25, 0.3) is 0 Å². The first-order valence-electron chi connectivity index (χ1n) is 5.81. The number of carbonyl (C=O) groups excluding carboxylic acids is 1. The van der Waals surface area contributed by atoms with E-state index in [4.69, 9.17) is 4.74 Å². The number of hydrogen-bond donors (Lipinski definition) is 0. The van der Waals surface area contributed by atoms with E-state index in [-0.39, 0.29) is 5.97 Å². The third-order valence-corrected chi connectivity index (χ3v) is 2.49. The summed E-state index contributed by atoms with van der Waals surface area (Å²) < 4.78 is 5.25. The van der Waals surface area contributed by atoms with E-state index in [2.05, 4.69) is 10.2 Å². The van der Waals surface area contributed by atoms with Crippen LogP contribution in [0.15, 0.2) is 22.0 Å². The molecule has 0 saturated carbocycles. The summed E-state index contributed by atoms with van der Waals surface area (Å²) in [5, 5.41) is 8.32. The van der Waals surface area contributed by atoms with Crippen LogP contribution in [-0.2, 0) is 9.53 Å². The average Bonchev–Trinajstić information content (AvgIpc) is 2.28. The highest BCUT2D eigenvalue weighted by atomic mass is 16.6. The molecule has 0 unspecified atom stereocenters. The lowest BCUT2D eigenvalue weighted by Gasteiger charge is -2.25. The molecule has 0 aliphatic rings. The molecule has 0 N–H and O–H groups in total. The molecule has 0 bridgehead atoms. The molecule has 0 fully saturated rings. The van der Waals surface area contributed by atoms with E-state index in [0.717, 1.165) is 12.1 Å². The zero-order chi connectivity index (χ0) is 12.6. The summed E-state index contributed by atoms with van der Waals surface area (Å²) in [5.74, 6) is -0.318. The van der Waals surface area contributed by atoms with Crippen LogP contribution < -0.4 is 0 Å². The van der Waals surface area contributed by atoms with Gasteiger partial charge in [0, 0.05) is 19.8 Å². The average molecular weight is 226 g/mol. The van der Waals surface area contributed by atoms with Crippen molar-refractivity contribution in [2.24, 2.45) is 10.2 Å². The van der Waals surface area contributed by atoms with Gasteiger partial charge in [-0.15, -0.1) is 5.11 Å². The van der Waals surface area contributed by atoms with Crippen LogP contribution in [-0.4, -0.2) is 11.7 Å². The number of carbonyl (C=O) groups is 1. The van der Waals surface area contributed by atoms with Crippen molar-refractivity contribution in [2.45, 2.75) is 59.6 Å². The number of allylic oxidation sites excluding steroid dienone is 2. The van der Waals surface area contributed by atoms with E-state index < -0.39 is 5.72 Å². The summed E-state index contributed by atoms with van der Waals surface area (Å²) in [6.07, 6.45) is 4.00. The van der Waals surface area contributed by atoms with Crippen molar-refractivity contribution in [1.82, 2.24) is 0 Å². The quantitative estimate of drug-likeness (QED) is 0.510. The van der Waals surface area contributed by atoms with Gasteiger partial charge in [-0.25, -0.2) is 0 Å². The predicted molar refractivity (Wildman–Crippen MR) is 64.0 cm³/mol. The molecule has 0 aliphatic carbocycles. The minimum absolute atomic E-state index is 0.318. The van der Waals surface area contributed by atoms with E-state index in [0.29, 0.717) is 12.8 Å². The van der Waals surface area contributed by atoms with Crippen molar-refractivity contribution < 1.29 is 9.53 Å². The first kappa shape index (κ1) is 14.8. The second-order valence-corrected chi connectivity index (χ2v) is 3.58. The highest BCUT2D eigenvalue weighted by molar-refractivity contribution is 5.66. The molecule has 0 amide bonds. The highest BCUT2D eigenvalue weighted by Crippen LogP contribution is 2.24. The van der Waals surface area contributed by atoms with Gasteiger partial charge in [0.2, 0.25) is 5.72 Å². The van der Waals surface area contributed by atoms with Crippen LogP contribution in [0.4, 0.5) is 0 Å². The maximum atomic E-state index is 11.0. The third-order valence-electron chi connectivity index (χ3n) is 2.49. The van der Waals surface area contributed by atoms with E-state index in [1.165, 1.54) is 6.92 Å². The number of azo groups is 1. The van der Waals surface area contributed by atoms with E-state index in [1.54, 1.807) is 0 Å². The van der Waals surface area contributed by atoms with E-state index >= 15 is 0 Å². The Morgan fingerprint density at radius 3 is 2.19 bits per heavy atom. The Labute approximate surface area is 97.8 Å². The monoisotopic (exact) mass is 226 g/mol. The van der Waals surface area contributed by atoms with Gasteiger partial charge in [-0.2, -0.15) is 5.11 Å². The van der Waals surface area contributed by atoms with Crippen LogP contribution in [0.5, 0.6) is 0 Å². The standard InChI is InChI=1S/C12H22N2O2/c1-6-11(7-2)13-14-12(8-3,9-4)16-10(5)15/h6H,7-9H2,1-5H3/b11-6+,14-13?. The van der Waals surface area contributed by atoms with Crippen LogP contribution in [0.1, 0.15) is 53.9 Å². The molecule has 0 rings (SSSR count). The Balaban J connectivity index is 4.85. The fourth-order valence-electron chi connectivity index (χ4n) is 1.31. The van der Waals surface area contributed by atoms with Gasteiger partial charge in [0.1, 0.15) is 0 Å². The lowest BCUT2D eigenvalue weighted by atomic mass is 10.1. The summed E-state index contributed by atoms with van der Waals surface area (Å²) in [5.41, 5.74) is 0.105. The molecule has 0 aromatic carbocycles. The Morgan fingerprint density at radius 2 is 1.88 bits per heavy atom. The molecule has 0 heterocycles. The number of nitrogens with zero attached hydrogens (tertiary/aromatic N) is 2. The summed E-state index contributed by atoms with van der Waals surface area (Å²) >= 11 is 0. The van der Waals surface area contributed by atoms with Crippen molar-refractivity contribution >= 4 is 5.97 Å².